The Kier molecular flexibility index (Phi) is 5.04. The van der Waals surface area contributed by atoms with Crippen molar-refractivity contribution in [1.82, 2.24) is 5.32 Å². The van der Waals surface area contributed by atoms with Crippen LogP contribution in [0.4, 0.5) is 0 Å². The van der Waals surface area contributed by atoms with Crippen LogP contribution in [0.3, 0.4) is 0 Å². The van der Waals surface area contributed by atoms with E-state index >= 15 is 0 Å². The minimum atomic E-state index is 0.178. The number of carbonyl (C=O) groups is 1. The van der Waals surface area contributed by atoms with Gasteiger partial charge in [0.15, 0.2) is 0 Å². The molecule has 2 aliphatic rings. The lowest BCUT2D eigenvalue weighted by Gasteiger charge is -2.31. The first kappa shape index (κ1) is 13.9. The molecular weight excluding hydrogens is 224 g/mol. The number of hydrogen-bond acceptors (Lipinski definition) is 2. The Morgan fingerprint density at radius 2 is 1.94 bits per heavy atom. The maximum absolute atomic E-state index is 12.2. The smallest absolute Gasteiger partial charge is 0.223 e. The summed E-state index contributed by atoms with van der Waals surface area (Å²) in [6, 6.07) is 0.644. The van der Waals surface area contributed by atoms with Gasteiger partial charge in [0.1, 0.15) is 0 Å². The lowest BCUT2D eigenvalue weighted by molar-refractivity contribution is -0.126. The zero-order valence-corrected chi connectivity index (χ0v) is 11.7. The van der Waals surface area contributed by atoms with E-state index < -0.39 is 0 Å². The van der Waals surface area contributed by atoms with Gasteiger partial charge in [-0.15, -0.1) is 0 Å². The lowest BCUT2D eigenvalue weighted by atomic mass is 9.82. The van der Waals surface area contributed by atoms with Crippen LogP contribution in [0, 0.1) is 11.8 Å². The third-order valence-electron chi connectivity index (χ3n) is 4.83. The molecule has 0 bridgehead atoms. The van der Waals surface area contributed by atoms with Crippen molar-refractivity contribution in [3.63, 3.8) is 0 Å². The molecule has 0 aromatic carbocycles. The fraction of sp³-hybridized carbons (Fsp3) is 0.933. The largest absolute Gasteiger partial charge is 0.353 e. The first-order chi connectivity index (χ1) is 8.70. The minimum absolute atomic E-state index is 0.178. The Morgan fingerprint density at radius 1 is 1.22 bits per heavy atom. The highest BCUT2D eigenvalue weighted by Crippen LogP contribution is 2.29. The van der Waals surface area contributed by atoms with Crippen LogP contribution in [-0.4, -0.2) is 18.0 Å². The van der Waals surface area contributed by atoms with Gasteiger partial charge in [0, 0.05) is 18.0 Å². The van der Waals surface area contributed by atoms with Crippen molar-refractivity contribution in [1.29, 1.82) is 0 Å². The van der Waals surface area contributed by atoms with E-state index in [0.29, 0.717) is 12.0 Å². The number of hydrogen-bond donors (Lipinski definition) is 2. The SMILES string of the molecule is CCC(NC(=O)C1CCC(N)C1)C1CCCCC1. The topological polar surface area (TPSA) is 55.1 Å². The van der Waals surface area contributed by atoms with Crippen LogP contribution in [0.25, 0.3) is 0 Å². The number of amides is 1. The quantitative estimate of drug-likeness (QED) is 0.808. The molecule has 2 rings (SSSR count). The summed E-state index contributed by atoms with van der Waals surface area (Å²) in [5.41, 5.74) is 5.89. The van der Waals surface area contributed by atoms with Gasteiger partial charge in [0.05, 0.1) is 0 Å². The van der Waals surface area contributed by atoms with Gasteiger partial charge in [-0.2, -0.15) is 0 Å². The van der Waals surface area contributed by atoms with Gasteiger partial charge in [-0.1, -0.05) is 26.2 Å². The average molecular weight is 252 g/mol. The second kappa shape index (κ2) is 6.55. The van der Waals surface area contributed by atoms with Crippen molar-refractivity contribution in [2.24, 2.45) is 17.6 Å². The van der Waals surface area contributed by atoms with E-state index in [4.69, 9.17) is 5.73 Å². The number of nitrogens with two attached hydrogens (primary N) is 1. The van der Waals surface area contributed by atoms with E-state index in [2.05, 4.69) is 12.2 Å². The minimum Gasteiger partial charge on any atom is -0.353 e. The summed E-state index contributed by atoms with van der Waals surface area (Å²) in [6.45, 7) is 2.19. The molecule has 0 aromatic rings. The average Bonchev–Trinajstić information content (AvgIpc) is 2.83. The highest BCUT2D eigenvalue weighted by molar-refractivity contribution is 5.79. The van der Waals surface area contributed by atoms with E-state index in [1.807, 2.05) is 0 Å². The van der Waals surface area contributed by atoms with Crippen LogP contribution >= 0.6 is 0 Å². The third kappa shape index (κ3) is 3.47. The molecule has 1 amide bonds. The molecule has 18 heavy (non-hydrogen) atoms. The summed E-state index contributed by atoms with van der Waals surface area (Å²) in [4.78, 5) is 12.2. The predicted molar refractivity (Wildman–Crippen MR) is 74.1 cm³/mol. The highest BCUT2D eigenvalue weighted by atomic mass is 16.1. The van der Waals surface area contributed by atoms with Crippen molar-refractivity contribution in [2.45, 2.75) is 76.8 Å². The molecule has 2 saturated carbocycles. The van der Waals surface area contributed by atoms with Crippen LogP contribution in [0.15, 0.2) is 0 Å². The molecule has 3 N–H and O–H groups in total. The molecule has 0 aliphatic heterocycles. The van der Waals surface area contributed by atoms with Crippen molar-refractivity contribution >= 4 is 5.91 Å². The van der Waals surface area contributed by atoms with Gasteiger partial charge < -0.3 is 11.1 Å². The van der Waals surface area contributed by atoms with Gasteiger partial charge in [-0.3, -0.25) is 4.79 Å². The summed E-state index contributed by atoms with van der Waals surface area (Å²) >= 11 is 0. The summed E-state index contributed by atoms with van der Waals surface area (Å²) < 4.78 is 0. The van der Waals surface area contributed by atoms with Gasteiger partial charge in [0.2, 0.25) is 5.91 Å². The first-order valence-electron chi connectivity index (χ1n) is 7.76. The van der Waals surface area contributed by atoms with E-state index in [1.54, 1.807) is 0 Å². The van der Waals surface area contributed by atoms with E-state index in [9.17, 15) is 4.79 Å². The maximum atomic E-state index is 12.2. The molecule has 0 aromatic heterocycles. The van der Waals surface area contributed by atoms with Crippen molar-refractivity contribution in [3.05, 3.63) is 0 Å². The summed E-state index contributed by atoms with van der Waals surface area (Å²) in [6.07, 6.45) is 10.6. The molecule has 3 atom stereocenters. The Hall–Kier alpha value is -0.570. The second-order valence-electron chi connectivity index (χ2n) is 6.19. The zero-order valence-electron chi connectivity index (χ0n) is 11.7. The fourth-order valence-corrected chi connectivity index (χ4v) is 3.64. The fourth-order valence-electron chi connectivity index (χ4n) is 3.64. The molecule has 3 heteroatoms. The monoisotopic (exact) mass is 252 g/mol. The van der Waals surface area contributed by atoms with Crippen LogP contribution in [0.1, 0.15) is 64.7 Å². The van der Waals surface area contributed by atoms with Crippen LogP contribution in [0.2, 0.25) is 0 Å². The third-order valence-corrected chi connectivity index (χ3v) is 4.83. The normalized spacial score (nSPS) is 31.2. The molecule has 3 nitrogen and oxygen atoms in total. The number of rotatable bonds is 4. The summed E-state index contributed by atoms with van der Waals surface area (Å²) in [5.74, 6) is 1.15. The standard InChI is InChI=1S/C15H28N2O/c1-2-14(11-6-4-3-5-7-11)17-15(18)12-8-9-13(16)10-12/h11-14H,2-10,16H2,1H3,(H,17,18). The predicted octanol–water partition coefficient (Wildman–Crippen LogP) is 2.59. The Bertz CT molecular complexity index is 274. The van der Waals surface area contributed by atoms with E-state index in [-0.39, 0.29) is 17.9 Å². The Morgan fingerprint density at radius 3 is 2.50 bits per heavy atom. The Balaban J connectivity index is 1.83. The van der Waals surface area contributed by atoms with Gasteiger partial charge >= 0.3 is 0 Å². The van der Waals surface area contributed by atoms with Crippen LogP contribution in [0.5, 0.6) is 0 Å². The Labute approximate surface area is 111 Å². The molecule has 0 radical (unpaired) electrons. The molecule has 2 fully saturated rings. The zero-order chi connectivity index (χ0) is 13.0. The molecule has 0 saturated heterocycles. The van der Waals surface area contributed by atoms with E-state index in [1.165, 1.54) is 32.1 Å². The van der Waals surface area contributed by atoms with Gasteiger partial charge in [-0.05, 0) is 44.4 Å². The van der Waals surface area contributed by atoms with Crippen molar-refractivity contribution in [2.75, 3.05) is 0 Å². The second-order valence-corrected chi connectivity index (χ2v) is 6.19. The highest BCUT2D eigenvalue weighted by Gasteiger charge is 2.30. The maximum Gasteiger partial charge on any atom is 0.223 e. The number of nitrogens with one attached hydrogen (secondary N) is 1. The van der Waals surface area contributed by atoms with Crippen molar-refractivity contribution in [3.8, 4) is 0 Å². The molecular formula is C15H28N2O. The first-order valence-corrected chi connectivity index (χ1v) is 7.76. The van der Waals surface area contributed by atoms with Gasteiger partial charge in [0.25, 0.3) is 0 Å². The summed E-state index contributed by atoms with van der Waals surface area (Å²) in [5, 5.41) is 3.30. The van der Waals surface area contributed by atoms with E-state index in [0.717, 1.165) is 25.7 Å². The molecule has 2 aliphatic carbocycles. The summed E-state index contributed by atoms with van der Waals surface area (Å²) in [7, 11) is 0. The van der Waals surface area contributed by atoms with Crippen LogP contribution < -0.4 is 11.1 Å². The molecule has 3 unspecified atom stereocenters. The van der Waals surface area contributed by atoms with Gasteiger partial charge in [-0.25, -0.2) is 0 Å². The molecule has 0 heterocycles. The number of carbonyl (C=O) groups excluding carboxylic acids is 1. The molecule has 104 valence electrons. The van der Waals surface area contributed by atoms with Crippen molar-refractivity contribution < 1.29 is 4.79 Å². The lowest BCUT2D eigenvalue weighted by Crippen LogP contribution is -2.43. The van der Waals surface area contributed by atoms with Crippen LogP contribution in [-0.2, 0) is 4.79 Å². The molecule has 0 spiro atoms.